The minimum absolute atomic E-state index is 0. The summed E-state index contributed by atoms with van der Waals surface area (Å²) in [7, 11) is -3.16. The van der Waals surface area contributed by atoms with Crippen LogP contribution in [0.4, 0.5) is 0 Å². The van der Waals surface area contributed by atoms with Gasteiger partial charge in [0, 0.05) is 31.9 Å². The molecule has 156 valence electrons. The Labute approximate surface area is 177 Å². The number of halogens is 1. The maximum Gasteiger partial charge on any atom is 0.191 e. The fraction of sp³-hybridized carbons (Fsp3) is 0.944. The number of nitrogens with one attached hydrogen (secondary N) is 2. The molecule has 0 bridgehead atoms. The Kier molecular flexibility index (Phi) is 10.4. The molecule has 0 aromatic heterocycles. The van der Waals surface area contributed by atoms with Gasteiger partial charge in [0.15, 0.2) is 15.8 Å². The highest BCUT2D eigenvalue weighted by Gasteiger charge is 2.35. The number of sulfone groups is 1. The van der Waals surface area contributed by atoms with Crippen LogP contribution in [-0.2, 0) is 14.6 Å². The van der Waals surface area contributed by atoms with E-state index in [1.807, 2.05) is 6.92 Å². The van der Waals surface area contributed by atoms with Crippen molar-refractivity contribution in [2.45, 2.75) is 65.2 Å². The van der Waals surface area contributed by atoms with Crippen molar-refractivity contribution < 1.29 is 13.2 Å². The van der Waals surface area contributed by atoms with Crippen LogP contribution in [0.2, 0.25) is 0 Å². The zero-order chi connectivity index (χ0) is 19.3. The molecule has 26 heavy (non-hydrogen) atoms. The van der Waals surface area contributed by atoms with Gasteiger partial charge in [0.05, 0.1) is 17.4 Å². The fourth-order valence-corrected chi connectivity index (χ4v) is 3.26. The molecule has 2 unspecified atom stereocenters. The van der Waals surface area contributed by atoms with E-state index in [4.69, 9.17) is 4.74 Å². The van der Waals surface area contributed by atoms with Crippen LogP contribution in [0.5, 0.6) is 0 Å². The summed E-state index contributed by atoms with van der Waals surface area (Å²) in [6.07, 6.45) is 3.68. The molecular weight excluding hydrogens is 465 g/mol. The number of aliphatic imine (C=N–C) groups is 1. The monoisotopic (exact) mass is 503 g/mol. The molecule has 1 aliphatic rings. The molecule has 1 aliphatic heterocycles. The predicted molar refractivity (Wildman–Crippen MR) is 120 cm³/mol. The van der Waals surface area contributed by atoms with E-state index in [1.165, 1.54) is 6.26 Å². The van der Waals surface area contributed by atoms with Crippen molar-refractivity contribution in [3.8, 4) is 0 Å². The third-order valence-electron chi connectivity index (χ3n) is 4.80. The zero-order valence-electron chi connectivity index (χ0n) is 17.4. The quantitative estimate of drug-likeness (QED) is 0.331. The van der Waals surface area contributed by atoms with Crippen molar-refractivity contribution in [3.05, 3.63) is 0 Å². The van der Waals surface area contributed by atoms with E-state index >= 15 is 0 Å². The highest BCUT2D eigenvalue weighted by atomic mass is 127. The lowest BCUT2D eigenvalue weighted by molar-refractivity contribution is -0.0835. The van der Waals surface area contributed by atoms with Gasteiger partial charge in [0.1, 0.15) is 0 Å². The third kappa shape index (κ3) is 7.88. The Morgan fingerprint density at radius 2 is 1.81 bits per heavy atom. The van der Waals surface area contributed by atoms with Crippen molar-refractivity contribution in [1.29, 1.82) is 0 Å². The Bertz CT molecular complexity index is 557. The molecule has 2 N–H and O–H groups in total. The minimum Gasteiger partial charge on any atom is -0.377 e. The van der Waals surface area contributed by atoms with Crippen molar-refractivity contribution in [2.75, 3.05) is 32.5 Å². The second-order valence-electron chi connectivity index (χ2n) is 8.67. The number of rotatable bonds is 6. The molecule has 0 spiro atoms. The number of nitrogens with zero attached hydrogens (tertiary/aromatic N) is 1. The van der Waals surface area contributed by atoms with Crippen LogP contribution in [0, 0.1) is 11.3 Å². The average molecular weight is 503 g/mol. The van der Waals surface area contributed by atoms with Gasteiger partial charge < -0.3 is 15.4 Å². The van der Waals surface area contributed by atoms with E-state index < -0.39 is 14.6 Å². The van der Waals surface area contributed by atoms with Gasteiger partial charge in [0.25, 0.3) is 0 Å². The Morgan fingerprint density at radius 3 is 2.31 bits per heavy atom. The molecule has 0 aliphatic carbocycles. The Hall–Kier alpha value is -0.0900. The smallest absolute Gasteiger partial charge is 0.191 e. The van der Waals surface area contributed by atoms with Gasteiger partial charge in [0.2, 0.25) is 0 Å². The molecule has 8 heteroatoms. The molecule has 0 saturated carbocycles. The second-order valence-corrected chi connectivity index (χ2v) is 11.3. The molecule has 1 rings (SSSR count). The Morgan fingerprint density at radius 1 is 1.19 bits per heavy atom. The number of guanidine groups is 1. The first-order valence-corrected chi connectivity index (χ1v) is 11.1. The fourth-order valence-electron chi connectivity index (χ4n) is 2.97. The number of hydrogen-bond donors (Lipinski definition) is 2. The highest BCUT2D eigenvalue weighted by Crippen LogP contribution is 2.33. The summed E-state index contributed by atoms with van der Waals surface area (Å²) >= 11 is 0. The van der Waals surface area contributed by atoms with Crippen molar-refractivity contribution in [1.82, 2.24) is 10.6 Å². The SMILES string of the molecule is CCNC(=NCC(C)(C)S(C)(=O)=O)NCC1CCCOC1C(C)(C)C.I. The lowest BCUT2D eigenvalue weighted by Crippen LogP contribution is -2.48. The van der Waals surface area contributed by atoms with Gasteiger partial charge in [-0.2, -0.15) is 0 Å². The van der Waals surface area contributed by atoms with E-state index in [0.717, 1.165) is 32.5 Å². The molecule has 2 atom stereocenters. The summed E-state index contributed by atoms with van der Waals surface area (Å²) in [5.74, 6) is 1.08. The molecule has 0 aromatic rings. The van der Waals surface area contributed by atoms with Crippen LogP contribution in [-0.4, -0.2) is 57.7 Å². The largest absolute Gasteiger partial charge is 0.377 e. The van der Waals surface area contributed by atoms with Crippen LogP contribution >= 0.6 is 24.0 Å². The lowest BCUT2D eigenvalue weighted by atomic mass is 9.78. The molecule has 0 radical (unpaired) electrons. The third-order valence-corrected chi connectivity index (χ3v) is 6.93. The molecule has 1 saturated heterocycles. The van der Waals surface area contributed by atoms with Crippen LogP contribution in [0.25, 0.3) is 0 Å². The summed E-state index contributed by atoms with van der Waals surface area (Å²) in [4.78, 5) is 4.50. The average Bonchev–Trinajstić information content (AvgIpc) is 2.48. The van der Waals surface area contributed by atoms with Gasteiger partial charge in [-0.1, -0.05) is 20.8 Å². The van der Waals surface area contributed by atoms with Gasteiger partial charge in [-0.05, 0) is 39.0 Å². The van der Waals surface area contributed by atoms with Gasteiger partial charge >= 0.3 is 0 Å². The molecule has 1 heterocycles. The van der Waals surface area contributed by atoms with Crippen molar-refractivity contribution in [2.24, 2.45) is 16.3 Å². The topological polar surface area (TPSA) is 79.8 Å². The summed E-state index contributed by atoms with van der Waals surface area (Å²) in [5.41, 5.74) is 0.0978. The Balaban J connectivity index is 0.00000625. The highest BCUT2D eigenvalue weighted by molar-refractivity contribution is 14.0. The van der Waals surface area contributed by atoms with Gasteiger partial charge in [-0.3, -0.25) is 4.99 Å². The van der Waals surface area contributed by atoms with Crippen LogP contribution in [0.3, 0.4) is 0 Å². The number of ether oxygens (including phenoxy) is 1. The van der Waals surface area contributed by atoms with Crippen molar-refractivity contribution >= 4 is 39.8 Å². The van der Waals surface area contributed by atoms with Crippen LogP contribution in [0.15, 0.2) is 4.99 Å². The maximum atomic E-state index is 11.9. The van der Waals surface area contributed by atoms with E-state index in [0.29, 0.717) is 11.9 Å². The van der Waals surface area contributed by atoms with Gasteiger partial charge in [-0.15, -0.1) is 24.0 Å². The molecule has 0 amide bonds. The molecular formula is C18H38IN3O3S. The second kappa shape index (κ2) is 10.5. The summed E-state index contributed by atoms with van der Waals surface area (Å²) in [6, 6.07) is 0. The summed E-state index contributed by atoms with van der Waals surface area (Å²) in [5, 5.41) is 6.58. The van der Waals surface area contributed by atoms with Crippen LogP contribution < -0.4 is 10.6 Å². The normalized spacial score (nSPS) is 22.5. The summed E-state index contributed by atoms with van der Waals surface area (Å²) < 4.78 is 28.9. The van der Waals surface area contributed by atoms with E-state index in [9.17, 15) is 8.42 Å². The molecule has 1 fully saturated rings. The van der Waals surface area contributed by atoms with Gasteiger partial charge in [-0.25, -0.2) is 8.42 Å². The van der Waals surface area contributed by atoms with E-state index in [2.05, 4.69) is 36.4 Å². The predicted octanol–water partition coefficient (Wildman–Crippen LogP) is 2.82. The number of hydrogen-bond acceptors (Lipinski definition) is 4. The molecule has 0 aromatic carbocycles. The minimum atomic E-state index is -3.16. The van der Waals surface area contributed by atoms with E-state index in [-0.39, 0.29) is 42.0 Å². The molecule has 6 nitrogen and oxygen atoms in total. The zero-order valence-corrected chi connectivity index (χ0v) is 20.5. The standard InChI is InChI=1S/C18H37N3O3S.HI/c1-8-19-16(21-13-18(5,6)25(7,22)23)20-12-14-10-9-11-24-15(14)17(2,3)4;/h14-15H,8-13H2,1-7H3,(H2,19,20,21);1H. The van der Waals surface area contributed by atoms with Crippen molar-refractivity contribution in [3.63, 3.8) is 0 Å². The van der Waals surface area contributed by atoms with Crippen LogP contribution in [0.1, 0.15) is 54.4 Å². The first-order valence-electron chi connectivity index (χ1n) is 9.22. The maximum absolute atomic E-state index is 11.9. The van der Waals surface area contributed by atoms with E-state index in [1.54, 1.807) is 13.8 Å². The first-order chi connectivity index (χ1) is 11.4. The lowest BCUT2D eigenvalue weighted by Gasteiger charge is -2.40. The first kappa shape index (κ1) is 25.9. The summed E-state index contributed by atoms with van der Waals surface area (Å²) in [6.45, 7) is 14.6.